The molecular formula is C20H24N2. The van der Waals surface area contributed by atoms with Crippen molar-refractivity contribution >= 4 is 0 Å². The number of rotatable bonds is 3. The molecule has 2 fully saturated rings. The lowest BCUT2D eigenvalue weighted by Gasteiger charge is -2.22. The lowest BCUT2D eigenvalue weighted by atomic mass is 9.88. The van der Waals surface area contributed by atoms with E-state index in [0.717, 1.165) is 24.9 Å². The summed E-state index contributed by atoms with van der Waals surface area (Å²) in [5, 5.41) is 3.77. The van der Waals surface area contributed by atoms with Crippen LogP contribution < -0.4 is 5.32 Å². The van der Waals surface area contributed by atoms with Gasteiger partial charge in [-0.2, -0.15) is 0 Å². The van der Waals surface area contributed by atoms with Gasteiger partial charge in [0.05, 0.1) is 0 Å². The summed E-state index contributed by atoms with van der Waals surface area (Å²) in [6, 6.07) is 20.3. The quantitative estimate of drug-likeness (QED) is 0.933. The van der Waals surface area contributed by atoms with Gasteiger partial charge in [0, 0.05) is 32.2 Å². The first-order chi connectivity index (χ1) is 10.8. The van der Waals surface area contributed by atoms with Crippen molar-refractivity contribution in [2.24, 2.45) is 11.8 Å². The van der Waals surface area contributed by atoms with Gasteiger partial charge in [0.1, 0.15) is 0 Å². The van der Waals surface area contributed by atoms with Crippen molar-refractivity contribution in [3.8, 4) is 0 Å². The summed E-state index contributed by atoms with van der Waals surface area (Å²) in [5.74, 6) is 1.55. The average Bonchev–Trinajstić information content (AvgIpc) is 3.09. The largest absolute Gasteiger partial charge is 0.309 e. The summed E-state index contributed by atoms with van der Waals surface area (Å²) in [5.41, 5.74) is 4.35. The summed E-state index contributed by atoms with van der Waals surface area (Å²) in [7, 11) is 0. The third-order valence-corrected chi connectivity index (χ3v) is 5.37. The Morgan fingerprint density at radius 3 is 2.59 bits per heavy atom. The van der Waals surface area contributed by atoms with Gasteiger partial charge in [0.25, 0.3) is 0 Å². The summed E-state index contributed by atoms with van der Waals surface area (Å²) >= 11 is 0. The van der Waals surface area contributed by atoms with Crippen molar-refractivity contribution in [1.82, 2.24) is 10.2 Å². The standard InChI is InChI=1S/C20H24N2/c1-15-7-5-6-10-18(15)20-19-14-22(13-17(19)11-21-20)12-16-8-3-2-4-9-16/h2-10,17,19-21H,11-14H2,1H3. The summed E-state index contributed by atoms with van der Waals surface area (Å²) < 4.78 is 0. The normalized spacial score (nSPS) is 28.0. The van der Waals surface area contributed by atoms with E-state index in [4.69, 9.17) is 0 Å². The Kier molecular flexibility index (Phi) is 3.73. The Balaban J connectivity index is 1.49. The van der Waals surface area contributed by atoms with Gasteiger partial charge in [-0.3, -0.25) is 4.90 Å². The van der Waals surface area contributed by atoms with Crippen LogP contribution in [0.3, 0.4) is 0 Å². The van der Waals surface area contributed by atoms with Crippen molar-refractivity contribution < 1.29 is 0 Å². The number of hydrogen-bond donors (Lipinski definition) is 1. The number of aryl methyl sites for hydroxylation is 1. The van der Waals surface area contributed by atoms with Gasteiger partial charge in [0.2, 0.25) is 0 Å². The monoisotopic (exact) mass is 292 g/mol. The zero-order valence-electron chi connectivity index (χ0n) is 13.2. The molecule has 2 saturated heterocycles. The van der Waals surface area contributed by atoms with Gasteiger partial charge in [-0.25, -0.2) is 0 Å². The minimum absolute atomic E-state index is 0.534. The van der Waals surface area contributed by atoms with Crippen molar-refractivity contribution in [3.63, 3.8) is 0 Å². The molecule has 0 amide bonds. The Labute approximate surface area is 133 Å². The molecule has 2 aliphatic heterocycles. The van der Waals surface area contributed by atoms with Gasteiger partial charge < -0.3 is 5.32 Å². The Bertz CT molecular complexity index is 637. The summed E-state index contributed by atoms with van der Waals surface area (Å²) in [6.45, 7) is 6.94. The number of benzene rings is 2. The maximum Gasteiger partial charge on any atom is 0.0367 e. The van der Waals surface area contributed by atoms with Gasteiger partial charge in [0.15, 0.2) is 0 Å². The third kappa shape index (κ3) is 2.57. The molecule has 1 N–H and O–H groups in total. The molecule has 3 unspecified atom stereocenters. The first kappa shape index (κ1) is 14.0. The second kappa shape index (κ2) is 5.86. The molecule has 0 aliphatic carbocycles. The van der Waals surface area contributed by atoms with E-state index in [9.17, 15) is 0 Å². The van der Waals surface area contributed by atoms with Crippen LogP contribution in [0.2, 0.25) is 0 Å². The second-order valence-electron chi connectivity index (χ2n) is 6.85. The van der Waals surface area contributed by atoms with Crippen LogP contribution in [0.1, 0.15) is 22.7 Å². The van der Waals surface area contributed by atoms with Crippen LogP contribution in [0, 0.1) is 18.8 Å². The molecule has 4 rings (SSSR count). The SMILES string of the molecule is Cc1ccccc1C1NCC2CN(Cc3ccccc3)CC21. The molecule has 2 aromatic rings. The first-order valence-corrected chi connectivity index (χ1v) is 8.36. The molecule has 3 atom stereocenters. The highest BCUT2D eigenvalue weighted by Gasteiger charge is 2.43. The molecule has 22 heavy (non-hydrogen) atoms. The Hall–Kier alpha value is -1.64. The van der Waals surface area contributed by atoms with Crippen molar-refractivity contribution in [1.29, 1.82) is 0 Å². The van der Waals surface area contributed by atoms with Crippen molar-refractivity contribution in [2.45, 2.75) is 19.5 Å². The van der Waals surface area contributed by atoms with Gasteiger partial charge in [-0.15, -0.1) is 0 Å². The van der Waals surface area contributed by atoms with Crippen molar-refractivity contribution in [3.05, 3.63) is 71.3 Å². The molecule has 2 aromatic carbocycles. The molecule has 2 heteroatoms. The first-order valence-electron chi connectivity index (χ1n) is 8.36. The van der Waals surface area contributed by atoms with E-state index >= 15 is 0 Å². The fraction of sp³-hybridized carbons (Fsp3) is 0.400. The molecule has 0 bridgehead atoms. The smallest absolute Gasteiger partial charge is 0.0367 e. The fourth-order valence-electron chi connectivity index (χ4n) is 4.26. The van der Waals surface area contributed by atoms with E-state index in [2.05, 4.69) is 71.7 Å². The van der Waals surface area contributed by atoms with Crippen LogP contribution in [0.4, 0.5) is 0 Å². The molecule has 0 spiro atoms. The molecule has 0 aromatic heterocycles. The van der Waals surface area contributed by atoms with Crippen LogP contribution in [0.15, 0.2) is 54.6 Å². The van der Waals surface area contributed by atoms with Crippen LogP contribution in [-0.2, 0) is 6.54 Å². The van der Waals surface area contributed by atoms with Gasteiger partial charge >= 0.3 is 0 Å². The van der Waals surface area contributed by atoms with E-state index in [1.54, 1.807) is 0 Å². The number of nitrogens with zero attached hydrogens (tertiary/aromatic N) is 1. The van der Waals surface area contributed by atoms with Crippen molar-refractivity contribution in [2.75, 3.05) is 19.6 Å². The van der Waals surface area contributed by atoms with E-state index in [0.29, 0.717) is 6.04 Å². The fourth-order valence-corrected chi connectivity index (χ4v) is 4.26. The van der Waals surface area contributed by atoms with Crippen LogP contribution in [0.5, 0.6) is 0 Å². The Morgan fingerprint density at radius 1 is 1.00 bits per heavy atom. The molecule has 114 valence electrons. The molecule has 0 saturated carbocycles. The maximum absolute atomic E-state index is 3.77. The van der Waals surface area contributed by atoms with Crippen LogP contribution in [0.25, 0.3) is 0 Å². The highest BCUT2D eigenvalue weighted by Crippen LogP contribution is 2.40. The number of nitrogens with one attached hydrogen (secondary N) is 1. The maximum atomic E-state index is 3.77. The molecule has 2 heterocycles. The van der Waals surface area contributed by atoms with E-state index in [-0.39, 0.29) is 0 Å². The predicted molar refractivity (Wildman–Crippen MR) is 90.6 cm³/mol. The number of likely N-dealkylation sites (tertiary alicyclic amines) is 1. The van der Waals surface area contributed by atoms with Crippen LogP contribution >= 0.6 is 0 Å². The highest BCUT2D eigenvalue weighted by molar-refractivity contribution is 5.31. The molecule has 2 aliphatic rings. The second-order valence-corrected chi connectivity index (χ2v) is 6.85. The topological polar surface area (TPSA) is 15.3 Å². The minimum atomic E-state index is 0.534. The molecule has 2 nitrogen and oxygen atoms in total. The van der Waals surface area contributed by atoms with E-state index in [1.165, 1.54) is 29.8 Å². The van der Waals surface area contributed by atoms with Crippen LogP contribution in [-0.4, -0.2) is 24.5 Å². The zero-order chi connectivity index (χ0) is 14.9. The third-order valence-electron chi connectivity index (χ3n) is 5.37. The average molecular weight is 292 g/mol. The molecule has 0 radical (unpaired) electrons. The number of hydrogen-bond acceptors (Lipinski definition) is 2. The van der Waals surface area contributed by atoms with Gasteiger partial charge in [-0.1, -0.05) is 54.6 Å². The zero-order valence-corrected chi connectivity index (χ0v) is 13.2. The van der Waals surface area contributed by atoms with Gasteiger partial charge in [-0.05, 0) is 35.4 Å². The molecular weight excluding hydrogens is 268 g/mol. The highest BCUT2D eigenvalue weighted by atomic mass is 15.2. The number of fused-ring (bicyclic) bond motifs is 1. The summed E-state index contributed by atoms with van der Waals surface area (Å²) in [4.78, 5) is 2.64. The van der Waals surface area contributed by atoms with E-state index < -0.39 is 0 Å². The minimum Gasteiger partial charge on any atom is -0.309 e. The lowest BCUT2D eigenvalue weighted by molar-refractivity contribution is 0.294. The lowest BCUT2D eigenvalue weighted by Crippen LogP contribution is -2.27. The predicted octanol–water partition coefficient (Wildman–Crippen LogP) is 3.39. The Morgan fingerprint density at radius 2 is 1.77 bits per heavy atom. The van der Waals surface area contributed by atoms with E-state index in [1.807, 2.05) is 0 Å². The summed E-state index contributed by atoms with van der Waals surface area (Å²) in [6.07, 6.45) is 0.